The molecule has 3 aromatic carbocycles. The molecule has 280 valence electrons. The van der Waals surface area contributed by atoms with E-state index in [1.807, 2.05) is 18.2 Å². The lowest BCUT2D eigenvalue weighted by Crippen LogP contribution is -2.78. The number of nitrogens with zero attached hydrogens (tertiary/aromatic N) is 2. The maximum absolute atomic E-state index is 12.7. The monoisotopic (exact) mass is 711 g/mol. The highest BCUT2D eigenvalue weighted by Crippen LogP contribution is 2.65. The number of benzene rings is 3. The van der Waals surface area contributed by atoms with Crippen molar-refractivity contribution >= 4 is 0 Å². The molecule has 1 saturated heterocycles. The van der Waals surface area contributed by atoms with Gasteiger partial charge in [0.15, 0.2) is 11.5 Å². The molecule has 1 spiro atoms. The molecule has 2 aliphatic heterocycles. The number of phenols is 1. The average Bonchev–Trinajstić information content (AvgIpc) is 3.90. The molecule has 0 amide bonds. The number of likely N-dealkylation sites (N-methyl/N-ethyl adjacent to an activating group) is 1. The van der Waals surface area contributed by atoms with Crippen LogP contribution in [-0.2, 0) is 21.3 Å². The molecule has 3 aromatic rings. The lowest BCUT2D eigenvalue weighted by molar-refractivity contribution is -0.191. The van der Waals surface area contributed by atoms with Crippen LogP contribution < -0.4 is 14.8 Å². The van der Waals surface area contributed by atoms with E-state index in [9.17, 15) is 10.2 Å². The van der Waals surface area contributed by atoms with Crippen LogP contribution in [0.5, 0.6) is 17.2 Å². The number of likely N-dealkylation sites (tertiary alicyclic amines) is 1. The van der Waals surface area contributed by atoms with Crippen LogP contribution in [0, 0.1) is 12.8 Å². The Morgan fingerprint density at radius 2 is 1.73 bits per heavy atom. The van der Waals surface area contributed by atoms with Crippen LogP contribution >= 0.6 is 0 Å². The van der Waals surface area contributed by atoms with E-state index in [2.05, 4.69) is 71.6 Å². The zero-order valence-electron chi connectivity index (χ0n) is 31.0. The topological polar surface area (TPSA) is 95.9 Å². The van der Waals surface area contributed by atoms with Crippen LogP contribution in [0.25, 0.3) is 0 Å². The van der Waals surface area contributed by atoms with Gasteiger partial charge in [-0.05, 0) is 94.3 Å². The Hall–Kier alpha value is -3.18. The third-order valence-corrected chi connectivity index (χ3v) is 12.6. The predicted molar refractivity (Wildman–Crippen MR) is 201 cm³/mol. The molecule has 0 aromatic heterocycles. The van der Waals surface area contributed by atoms with Crippen LogP contribution in [0.1, 0.15) is 66.9 Å². The van der Waals surface area contributed by atoms with Gasteiger partial charge in [0.1, 0.15) is 18.0 Å². The third-order valence-electron chi connectivity index (χ3n) is 12.6. The van der Waals surface area contributed by atoms with Crippen molar-refractivity contribution in [2.45, 2.75) is 87.2 Å². The Balaban J connectivity index is 0.765. The minimum atomic E-state index is -0.851. The van der Waals surface area contributed by atoms with Gasteiger partial charge in [-0.3, -0.25) is 4.90 Å². The zero-order valence-corrected chi connectivity index (χ0v) is 31.0. The van der Waals surface area contributed by atoms with E-state index in [1.165, 1.54) is 29.5 Å². The second kappa shape index (κ2) is 15.3. The summed E-state index contributed by atoms with van der Waals surface area (Å²) in [5.41, 5.74) is 3.39. The highest BCUT2D eigenvalue weighted by molar-refractivity contribution is 5.62. The number of hydrogen-bond donors (Lipinski definition) is 3. The molecular weight excluding hydrogens is 654 g/mol. The van der Waals surface area contributed by atoms with Crippen molar-refractivity contribution < 1.29 is 29.2 Å². The summed E-state index contributed by atoms with van der Waals surface area (Å²) in [6.07, 6.45) is 6.53. The first-order valence-corrected chi connectivity index (χ1v) is 19.7. The van der Waals surface area contributed by atoms with Crippen molar-refractivity contribution in [1.29, 1.82) is 0 Å². The summed E-state index contributed by atoms with van der Waals surface area (Å²) in [7, 11) is 2.13. The van der Waals surface area contributed by atoms with Crippen molar-refractivity contribution in [2.24, 2.45) is 5.92 Å². The molecule has 0 radical (unpaired) electrons. The van der Waals surface area contributed by atoms with Crippen molar-refractivity contribution in [3.8, 4) is 17.2 Å². The molecule has 2 bridgehead atoms. The van der Waals surface area contributed by atoms with Gasteiger partial charge in [0.25, 0.3) is 0 Å². The van der Waals surface area contributed by atoms with E-state index >= 15 is 0 Å². The standard InChI is InChI=1S/C43H57N3O6/c1-30-8-13-34(14-9-30)51-37(32-6-4-3-5-7-32)17-21-45(2)23-25-50-27-26-49-24-20-44-35-16-18-43(48)38-28-33-12-15-36(47)40-39(33)42(43,41(35)52-40)19-22-46(38)29-31-10-11-31/h3-9,12-15,31,35,37-38,41,44,47-48H,10-11,16-29H2,1-2H3/t35?,37?,38-,41?,42+,43-/m1/s1. The molecule has 3 aliphatic carbocycles. The van der Waals surface area contributed by atoms with E-state index in [1.54, 1.807) is 6.07 Å². The number of aliphatic hydroxyl groups is 1. The Morgan fingerprint density at radius 1 is 0.942 bits per heavy atom. The average molecular weight is 712 g/mol. The Kier molecular flexibility index (Phi) is 10.5. The molecule has 3 N–H and O–H groups in total. The van der Waals surface area contributed by atoms with Crippen LogP contribution in [0.4, 0.5) is 0 Å². The first kappa shape index (κ1) is 35.8. The number of aromatic hydroxyl groups is 1. The van der Waals surface area contributed by atoms with Crippen molar-refractivity contribution in [1.82, 2.24) is 15.1 Å². The Morgan fingerprint density at radius 3 is 2.52 bits per heavy atom. The Bertz CT molecular complexity index is 1650. The highest BCUT2D eigenvalue weighted by atomic mass is 16.5. The van der Waals surface area contributed by atoms with E-state index in [-0.39, 0.29) is 30.0 Å². The van der Waals surface area contributed by atoms with Crippen molar-refractivity contribution in [2.75, 3.05) is 66.2 Å². The number of ether oxygens (including phenoxy) is 4. The number of aryl methyl sites for hydroxylation is 1. The fourth-order valence-corrected chi connectivity index (χ4v) is 9.74. The van der Waals surface area contributed by atoms with E-state index in [4.69, 9.17) is 18.9 Å². The zero-order chi connectivity index (χ0) is 35.7. The van der Waals surface area contributed by atoms with Crippen LogP contribution in [0.15, 0.2) is 66.7 Å². The summed E-state index contributed by atoms with van der Waals surface area (Å²) in [6.45, 7) is 8.90. The molecule has 3 unspecified atom stereocenters. The molecule has 52 heavy (non-hydrogen) atoms. The number of phenolic OH excluding ortho intramolecular Hbond substituents is 1. The minimum Gasteiger partial charge on any atom is -0.504 e. The minimum absolute atomic E-state index is 0.0153. The smallest absolute Gasteiger partial charge is 0.165 e. The molecule has 2 heterocycles. The Labute approximate surface area is 309 Å². The summed E-state index contributed by atoms with van der Waals surface area (Å²) in [4.78, 5) is 4.88. The summed E-state index contributed by atoms with van der Waals surface area (Å²) in [5.74, 6) is 2.48. The third kappa shape index (κ3) is 6.96. The molecule has 9 heteroatoms. The first-order valence-electron chi connectivity index (χ1n) is 19.7. The van der Waals surface area contributed by atoms with E-state index in [0.717, 1.165) is 75.5 Å². The predicted octanol–water partition coefficient (Wildman–Crippen LogP) is 5.40. The normalized spacial score (nSPS) is 28.0. The largest absolute Gasteiger partial charge is 0.504 e. The van der Waals surface area contributed by atoms with Gasteiger partial charge in [-0.15, -0.1) is 0 Å². The van der Waals surface area contributed by atoms with E-state index < -0.39 is 11.0 Å². The lowest BCUT2D eigenvalue weighted by atomic mass is 9.48. The summed E-state index contributed by atoms with van der Waals surface area (Å²) < 4.78 is 25.0. The quantitative estimate of drug-likeness (QED) is 0.150. The SMILES string of the molecule is Cc1ccc(OC(CCN(C)CCOCCOCCNC2CC[C@@]3(O)[C@H]4Cc5ccc(O)c6c5[C@@]3(CCN4CC3CC3)C2O6)c2ccccc2)cc1. The van der Waals surface area contributed by atoms with Gasteiger partial charge in [0.2, 0.25) is 0 Å². The van der Waals surface area contributed by atoms with Crippen LogP contribution in [0.3, 0.4) is 0 Å². The summed E-state index contributed by atoms with van der Waals surface area (Å²) >= 11 is 0. The molecule has 9 nitrogen and oxygen atoms in total. The highest BCUT2D eigenvalue weighted by Gasteiger charge is 2.72. The fraction of sp³-hybridized carbons (Fsp3) is 0.581. The maximum Gasteiger partial charge on any atom is 0.165 e. The molecule has 2 saturated carbocycles. The fourth-order valence-electron chi connectivity index (χ4n) is 9.74. The van der Waals surface area contributed by atoms with Gasteiger partial charge in [0.05, 0.1) is 37.4 Å². The number of hydrogen-bond acceptors (Lipinski definition) is 9. The molecule has 6 atom stereocenters. The van der Waals surface area contributed by atoms with E-state index in [0.29, 0.717) is 38.7 Å². The van der Waals surface area contributed by atoms with Gasteiger partial charge < -0.3 is 39.4 Å². The summed E-state index contributed by atoms with van der Waals surface area (Å²) in [6, 6.07) is 22.8. The van der Waals surface area contributed by atoms with Crippen LogP contribution in [0.2, 0.25) is 0 Å². The number of nitrogens with one attached hydrogen (secondary N) is 1. The van der Waals surface area contributed by atoms with Gasteiger partial charge in [-0.25, -0.2) is 0 Å². The van der Waals surface area contributed by atoms with Crippen molar-refractivity contribution in [3.05, 3.63) is 89.0 Å². The maximum atomic E-state index is 12.7. The number of piperidine rings is 1. The van der Waals surface area contributed by atoms with Crippen molar-refractivity contribution in [3.63, 3.8) is 0 Å². The molecule has 5 aliphatic rings. The second-order valence-electron chi connectivity index (χ2n) is 16.0. The van der Waals surface area contributed by atoms with Crippen LogP contribution in [-0.4, -0.2) is 110 Å². The first-order chi connectivity index (χ1) is 25.4. The summed E-state index contributed by atoms with van der Waals surface area (Å²) in [5, 5.41) is 27.3. The number of rotatable bonds is 18. The lowest BCUT2D eigenvalue weighted by Gasteiger charge is -2.64. The van der Waals surface area contributed by atoms with Gasteiger partial charge in [-0.2, -0.15) is 0 Å². The molecule has 8 rings (SSSR count). The van der Waals surface area contributed by atoms with Gasteiger partial charge >= 0.3 is 0 Å². The second-order valence-corrected chi connectivity index (χ2v) is 16.0. The molecule has 3 fully saturated rings. The molecular formula is C43H57N3O6. The van der Waals surface area contributed by atoms with Gasteiger partial charge in [0, 0.05) is 50.2 Å². The van der Waals surface area contributed by atoms with Gasteiger partial charge in [-0.1, -0.05) is 54.1 Å².